The van der Waals surface area contributed by atoms with Crippen LogP contribution in [0.1, 0.15) is 21.5 Å². The average molecular weight is 320 g/mol. The summed E-state index contributed by atoms with van der Waals surface area (Å²) in [6.07, 6.45) is 0. The number of Topliss-reactive ketones (excluding diaryl/α,β-unsaturated/α-hetero) is 1. The van der Waals surface area contributed by atoms with Crippen molar-refractivity contribution < 1.29 is 9.59 Å². The molecular weight excluding hydrogens is 309 g/mol. The quantitative estimate of drug-likeness (QED) is 0.784. The van der Waals surface area contributed by atoms with Crippen LogP contribution in [0, 0.1) is 6.92 Å². The van der Waals surface area contributed by atoms with Crippen molar-refractivity contribution in [2.75, 3.05) is 4.90 Å². The maximum Gasteiger partial charge on any atom is 0.299 e. The zero-order valence-corrected chi connectivity index (χ0v) is 12.7. The highest BCUT2D eigenvalue weighted by Gasteiger charge is 2.37. The molecule has 0 aromatic heterocycles. The standard InChI is InChI=1S/C16H11Cl2NO2/c1-9-5-6-10(13(18)7-9)8-19-14-11(15(20)16(19)21)3-2-4-12(14)17/h2-7H,8H2,1H3. The molecular formula is C16H11Cl2NO2. The van der Waals surface area contributed by atoms with E-state index in [4.69, 9.17) is 23.2 Å². The molecule has 0 saturated carbocycles. The SMILES string of the molecule is Cc1ccc(CN2C(=O)C(=O)c3cccc(Cl)c32)c(Cl)c1. The van der Waals surface area contributed by atoms with Crippen LogP contribution >= 0.6 is 23.2 Å². The maximum atomic E-state index is 12.2. The average Bonchev–Trinajstić information content (AvgIpc) is 2.68. The Kier molecular flexibility index (Phi) is 3.47. The minimum absolute atomic E-state index is 0.223. The predicted molar refractivity (Wildman–Crippen MR) is 83.2 cm³/mol. The number of ketones is 1. The van der Waals surface area contributed by atoms with Gasteiger partial charge in [-0.05, 0) is 36.2 Å². The molecule has 1 heterocycles. The third-order valence-electron chi connectivity index (χ3n) is 3.48. The summed E-state index contributed by atoms with van der Waals surface area (Å²) in [7, 11) is 0. The molecule has 0 bridgehead atoms. The fourth-order valence-corrected chi connectivity index (χ4v) is 2.99. The number of amides is 1. The molecule has 0 atom stereocenters. The number of para-hydroxylation sites is 1. The first-order valence-corrected chi connectivity index (χ1v) is 7.14. The minimum Gasteiger partial charge on any atom is -0.299 e. The third kappa shape index (κ3) is 2.33. The summed E-state index contributed by atoms with van der Waals surface area (Å²) < 4.78 is 0. The van der Waals surface area contributed by atoms with Gasteiger partial charge in [-0.25, -0.2) is 0 Å². The summed E-state index contributed by atoms with van der Waals surface area (Å²) >= 11 is 12.4. The van der Waals surface area contributed by atoms with E-state index < -0.39 is 11.7 Å². The molecule has 3 nitrogen and oxygen atoms in total. The van der Waals surface area contributed by atoms with Gasteiger partial charge >= 0.3 is 0 Å². The van der Waals surface area contributed by atoms with Crippen LogP contribution in [0.5, 0.6) is 0 Å². The van der Waals surface area contributed by atoms with E-state index in [1.807, 2.05) is 25.1 Å². The van der Waals surface area contributed by atoms with Gasteiger partial charge in [0.05, 0.1) is 22.8 Å². The van der Waals surface area contributed by atoms with Gasteiger partial charge < -0.3 is 0 Å². The normalized spacial score (nSPS) is 13.8. The van der Waals surface area contributed by atoms with Crippen LogP contribution in [0.4, 0.5) is 5.69 Å². The van der Waals surface area contributed by atoms with Crippen LogP contribution < -0.4 is 4.90 Å². The van der Waals surface area contributed by atoms with Gasteiger partial charge in [0.2, 0.25) is 0 Å². The largest absolute Gasteiger partial charge is 0.299 e. The fourth-order valence-electron chi connectivity index (χ4n) is 2.41. The van der Waals surface area contributed by atoms with Gasteiger partial charge in [0, 0.05) is 5.02 Å². The lowest BCUT2D eigenvalue weighted by Gasteiger charge is -2.18. The van der Waals surface area contributed by atoms with Crippen molar-refractivity contribution >= 4 is 40.6 Å². The Balaban J connectivity index is 2.04. The lowest BCUT2D eigenvalue weighted by atomic mass is 10.1. The van der Waals surface area contributed by atoms with Crippen molar-refractivity contribution in [3.8, 4) is 0 Å². The summed E-state index contributed by atoms with van der Waals surface area (Å²) in [6.45, 7) is 2.16. The van der Waals surface area contributed by atoms with E-state index in [-0.39, 0.29) is 6.54 Å². The van der Waals surface area contributed by atoms with Crippen molar-refractivity contribution in [3.05, 3.63) is 63.1 Å². The Bertz CT molecular complexity index is 771. The molecule has 0 unspecified atom stereocenters. The van der Waals surface area contributed by atoms with Gasteiger partial charge in [-0.2, -0.15) is 0 Å². The number of rotatable bonds is 2. The Labute approximate surface area is 132 Å². The number of aryl methyl sites for hydroxylation is 1. The van der Waals surface area contributed by atoms with E-state index in [2.05, 4.69) is 0 Å². The number of carbonyl (C=O) groups excluding carboxylic acids is 2. The first-order valence-electron chi connectivity index (χ1n) is 6.39. The van der Waals surface area contributed by atoms with Crippen LogP contribution in [0.15, 0.2) is 36.4 Å². The number of carbonyl (C=O) groups is 2. The molecule has 2 aromatic rings. The first-order chi connectivity index (χ1) is 9.99. The fraction of sp³-hybridized carbons (Fsp3) is 0.125. The number of hydrogen-bond acceptors (Lipinski definition) is 2. The van der Waals surface area contributed by atoms with Crippen LogP contribution in [0.25, 0.3) is 0 Å². The van der Waals surface area contributed by atoms with E-state index in [9.17, 15) is 9.59 Å². The predicted octanol–water partition coefficient (Wildman–Crippen LogP) is 4.03. The molecule has 0 radical (unpaired) electrons. The number of anilines is 1. The number of hydrogen-bond donors (Lipinski definition) is 0. The highest BCUT2D eigenvalue weighted by Crippen LogP contribution is 2.37. The van der Waals surface area contributed by atoms with E-state index in [0.717, 1.165) is 11.1 Å². The van der Waals surface area contributed by atoms with Crippen molar-refractivity contribution in [2.45, 2.75) is 13.5 Å². The monoisotopic (exact) mass is 319 g/mol. The van der Waals surface area contributed by atoms with Crippen LogP contribution in [-0.4, -0.2) is 11.7 Å². The number of benzene rings is 2. The molecule has 1 amide bonds. The number of halogens is 2. The Morgan fingerprint density at radius 3 is 2.52 bits per heavy atom. The summed E-state index contributed by atoms with van der Waals surface area (Å²) in [6, 6.07) is 10.5. The van der Waals surface area contributed by atoms with E-state index in [1.165, 1.54) is 4.90 Å². The van der Waals surface area contributed by atoms with E-state index in [0.29, 0.717) is 21.3 Å². The van der Waals surface area contributed by atoms with Crippen LogP contribution in [-0.2, 0) is 11.3 Å². The summed E-state index contributed by atoms with van der Waals surface area (Å²) in [5.74, 6) is -1.11. The van der Waals surface area contributed by atoms with Crippen molar-refractivity contribution in [3.63, 3.8) is 0 Å². The summed E-state index contributed by atoms with van der Waals surface area (Å²) in [5, 5.41) is 0.950. The first kappa shape index (κ1) is 14.1. The molecule has 106 valence electrons. The Morgan fingerprint density at radius 2 is 1.81 bits per heavy atom. The van der Waals surface area contributed by atoms with Crippen molar-refractivity contribution in [1.82, 2.24) is 0 Å². The van der Waals surface area contributed by atoms with Crippen molar-refractivity contribution in [1.29, 1.82) is 0 Å². The van der Waals surface area contributed by atoms with E-state index in [1.54, 1.807) is 18.2 Å². The molecule has 0 aliphatic carbocycles. The zero-order valence-electron chi connectivity index (χ0n) is 11.2. The molecule has 0 fully saturated rings. The second-order valence-electron chi connectivity index (χ2n) is 4.95. The van der Waals surface area contributed by atoms with Crippen molar-refractivity contribution in [2.24, 2.45) is 0 Å². The van der Waals surface area contributed by atoms with Gasteiger partial charge in [-0.3, -0.25) is 14.5 Å². The molecule has 2 aromatic carbocycles. The third-order valence-corrected chi connectivity index (χ3v) is 4.13. The second-order valence-corrected chi connectivity index (χ2v) is 5.77. The molecule has 3 rings (SSSR count). The Hall–Kier alpha value is -1.84. The zero-order chi connectivity index (χ0) is 15.1. The highest BCUT2D eigenvalue weighted by molar-refractivity contribution is 6.54. The summed E-state index contributed by atoms with van der Waals surface area (Å²) in [5.41, 5.74) is 2.61. The van der Waals surface area contributed by atoms with Gasteiger partial charge in [0.1, 0.15) is 0 Å². The highest BCUT2D eigenvalue weighted by atomic mass is 35.5. The molecule has 1 aliphatic rings. The maximum absolute atomic E-state index is 12.2. The molecule has 5 heteroatoms. The number of nitrogens with zero attached hydrogens (tertiary/aromatic N) is 1. The van der Waals surface area contributed by atoms with Gasteiger partial charge in [-0.15, -0.1) is 0 Å². The van der Waals surface area contributed by atoms with Gasteiger partial charge in [-0.1, -0.05) is 41.4 Å². The molecule has 0 saturated heterocycles. The van der Waals surface area contributed by atoms with Crippen LogP contribution in [0.3, 0.4) is 0 Å². The van der Waals surface area contributed by atoms with Gasteiger partial charge in [0.15, 0.2) is 0 Å². The lowest BCUT2D eigenvalue weighted by molar-refractivity contribution is -0.114. The topological polar surface area (TPSA) is 37.4 Å². The molecule has 0 N–H and O–H groups in total. The molecule has 0 spiro atoms. The van der Waals surface area contributed by atoms with Gasteiger partial charge in [0.25, 0.3) is 11.7 Å². The van der Waals surface area contributed by atoms with Crippen LogP contribution in [0.2, 0.25) is 10.0 Å². The number of fused-ring (bicyclic) bond motifs is 1. The smallest absolute Gasteiger partial charge is 0.299 e. The Morgan fingerprint density at radius 1 is 1.05 bits per heavy atom. The summed E-state index contributed by atoms with van der Waals surface area (Å²) in [4.78, 5) is 25.6. The minimum atomic E-state index is -0.574. The lowest BCUT2D eigenvalue weighted by Crippen LogP contribution is -2.29. The second kappa shape index (κ2) is 5.17. The molecule has 1 aliphatic heterocycles. The molecule has 21 heavy (non-hydrogen) atoms. The van der Waals surface area contributed by atoms with E-state index >= 15 is 0 Å².